The van der Waals surface area contributed by atoms with Gasteiger partial charge in [0, 0.05) is 16.2 Å². The minimum Gasteiger partial charge on any atom is -0.313 e. The molecule has 1 aromatic rings. The van der Waals surface area contributed by atoms with Crippen LogP contribution < -0.4 is 5.32 Å². The highest BCUT2D eigenvalue weighted by Gasteiger charge is 2.24. The summed E-state index contributed by atoms with van der Waals surface area (Å²) in [5.41, 5.74) is 1.67. The molecule has 1 aliphatic carbocycles. The topological polar surface area (TPSA) is 12.0 Å². The zero-order chi connectivity index (χ0) is 15.3. The van der Waals surface area contributed by atoms with Crippen LogP contribution in [0.2, 0.25) is 0 Å². The number of rotatable bonds is 4. The molecule has 1 saturated carbocycles. The fourth-order valence-electron chi connectivity index (χ4n) is 3.12. The molecule has 1 aromatic carbocycles. The van der Waals surface area contributed by atoms with Crippen LogP contribution >= 0.6 is 11.8 Å². The van der Waals surface area contributed by atoms with E-state index in [9.17, 15) is 0 Å². The van der Waals surface area contributed by atoms with Crippen LogP contribution in [0.5, 0.6) is 0 Å². The first kappa shape index (κ1) is 16.9. The largest absolute Gasteiger partial charge is 0.313 e. The fraction of sp³-hybridized carbons (Fsp3) is 0.684. The molecule has 0 aromatic heterocycles. The van der Waals surface area contributed by atoms with E-state index in [0.29, 0.717) is 6.04 Å². The molecule has 0 spiro atoms. The Balaban J connectivity index is 2.04. The molecular formula is C19H31NS. The van der Waals surface area contributed by atoms with E-state index in [2.05, 4.69) is 69.0 Å². The number of thioether (sulfide) groups is 1. The van der Waals surface area contributed by atoms with Gasteiger partial charge in [-0.25, -0.2) is 0 Å². The maximum Gasteiger partial charge on any atom is 0.0248 e. The summed E-state index contributed by atoms with van der Waals surface area (Å²) in [5.74, 6) is 0. The summed E-state index contributed by atoms with van der Waals surface area (Å²) >= 11 is 2.08. The van der Waals surface area contributed by atoms with Crippen molar-refractivity contribution in [2.45, 2.75) is 81.4 Å². The van der Waals surface area contributed by atoms with Gasteiger partial charge in [-0.2, -0.15) is 0 Å². The first-order valence-corrected chi connectivity index (χ1v) is 9.39. The normalized spacial score (nSPS) is 23.8. The van der Waals surface area contributed by atoms with Gasteiger partial charge in [0.05, 0.1) is 0 Å². The molecule has 0 aliphatic heterocycles. The molecule has 0 saturated heterocycles. The van der Waals surface area contributed by atoms with Gasteiger partial charge in [0.25, 0.3) is 0 Å². The van der Waals surface area contributed by atoms with Gasteiger partial charge >= 0.3 is 0 Å². The van der Waals surface area contributed by atoms with E-state index in [1.54, 1.807) is 0 Å². The van der Waals surface area contributed by atoms with Crippen molar-refractivity contribution < 1.29 is 0 Å². The van der Waals surface area contributed by atoms with Crippen LogP contribution in [0.25, 0.3) is 0 Å². The van der Waals surface area contributed by atoms with Crippen molar-refractivity contribution in [3.05, 3.63) is 29.8 Å². The minimum absolute atomic E-state index is 0.248. The Morgan fingerprint density at radius 2 is 1.71 bits per heavy atom. The molecule has 2 atom stereocenters. The van der Waals surface area contributed by atoms with E-state index >= 15 is 0 Å². The highest BCUT2D eigenvalue weighted by Crippen LogP contribution is 2.34. The number of nitrogens with one attached hydrogen (secondary N) is 1. The Labute approximate surface area is 135 Å². The number of benzene rings is 1. The van der Waals surface area contributed by atoms with Crippen LogP contribution in [0.15, 0.2) is 29.2 Å². The maximum atomic E-state index is 3.71. The molecule has 2 rings (SSSR count). The van der Waals surface area contributed by atoms with Crippen molar-refractivity contribution in [3.8, 4) is 0 Å². The average molecular weight is 306 g/mol. The van der Waals surface area contributed by atoms with Crippen LogP contribution in [0.1, 0.15) is 65.4 Å². The molecule has 0 bridgehead atoms. The van der Waals surface area contributed by atoms with Crippen LogP contribution in [-0.2, 0) is 5.41 Å². The molecule has 1 fully saturated rings. The monoisotopic (exact) mass is 305 g/mol. The maximum absolute atomic E-state index is 3.71. The summed E-state index contributed by atoms with van der Waals surface area (Å²) in [5, 5.41) is 4.44. The zero-order valence-corrected chi connectivity index (χ0v) is 14.9. The van der Waals surface area contributed by atoms with E-state index in [0.717, 1.165) is 11.8 Å². The second-order valence-corrected chi connectivity index (χ2v) is 8.55. The van der Waals surface area contributed by atoms with Gasteiger partial charge in [0.15, 0.2) is 0 Å². The van der Waals surface area contributed by atoms with Gasteiger partial charge in [-0.15, -0.1) is 11.8 Å². The van der Waals surface area contributed by atoms with Gasteiger partial charge in [-0.05, 0) is 42.5 Å². The highest BCUT2D eigenvalue weighted by atomic mass is 32.2. The van der Waals surface area contributed by atoms with Crippen molar-refractivity contribution in [2.24, 2.45) is 0 Å². The third kappa shape index (κ3) is 5.03. The zero-order valence-electron chi connectivity index (χ0n) is 14.1. The number of hydrogen-bond acceptors (Lipinski definition) is 2. The van der Waals surface area contributed by atoms with Crippen molar-refractivity contribution in [3.63, 3.8) is 0 Å². The highest BCUT2D eigenvalue weighted by molar-refractivity contribution is 8.00. The molecule has 0 heterocycles. The Morgan fingerprint density at radius 3 is 2.33 bits per heavy atom. The minimum atomic E-state index is 0.248. The second-order valence-electron chi connectivity index (χ2n) is 7.23. The van der Waals surface area contributed by atoms with Crippen molar-refractivity contribution >= 4 is 11.8 Å². The third-order valence-electron chi connectivity index (χ3n) is 4.43. The Hall–Kier alpha value is -0.470. The standard InChI is InChI=1S/C19H31NS/c1-5-20-17-9-7-6-8-10-18(17)21-16-13-11-15(12-14-16)19(2,3)4/h11-14,17-18,20H,5-10H2,1-4H3. The lowest BCUT2D eigenvalue weighted by Crippen LogP contribution is -2.37. The SMILES string of the molecule is CCNC1CCCCCC1Sc1ccc(C(C)(C)C)cc1. The van der Waals surface area contributed by atoms with Gasteiger partial charge < -0.3 is 5.32 Å². The molecular weight excluding hydrogens is 274 g/mol. The summed E-state index contributed by atoms with van der Waals surface area (Å²) in [7, 11) is 0. The van der Waals surface area contributed by atoms with Gasteiger partial charge in [-0.1, -0.05) is 59.1 Å². The lowest BCUT2D eigenvalue weighted by atomic mass is 9.87. The number of hydrogen-bond donors (Lipinski definition) is 1. The van der Waals surface area contributed by atoms with Crippen LogP contribution in [-0.4, -0.2) is 17.8 Å². The van der Waals surface area contributed by atoms with E-state index in [1.807, 2.05) is 0 Å². The Morgan fingerprint density at radius 1 is 1.05 bits per heavy atom. The predicted octanol–water partition coefficient (Wildman–Crippen LogP) is 5.39. The van der Waals surface area contributed by atoms with E-state index in [1.165, 1.54) is 42.6 Å². The van der Waals surface area contributed by atoms with Crippen molar-refractivity contribution in [1.82, 2.24) is 5.32 Å². The van der Waals surface area contributed by atoms with Gasteiger partial charge in [-0.3, -0.25) is 0 Å². The smallest absolute Gasteiger partial charge is 0.0248 e. The summed E-state index contributed by atoms with van der Waals surface area (Å²) in [6.07, 6.45) is 6.87. The quantitative estimate of drug-likeness (QED) is 0.749. The van der Waals surface area contributed by atoms with E-state index in [4.69, 9.17) is 0 Å². The summed E-state index contributed by atoms with van der Waals surface area (Å²) in [6.45, 7) is 10.2. The first-order chi connectivity index (χ1) is 10.0. The van der Waals surface area contributed by atoms with E-state index < -0.39 is 0 Å². The molecule has 2 heteroatoms. The van der Waals surface area contributed by atoms with Crippen molar-refractivity contribution in [1.29, 1.82) is 0 Å². The average Bonchev–Trinajstić information content (AvgIpc) is 2.65. The van der Waals surface area contributed by atoms with Crippen LogP contribution in [0, 0.1) is 0 Å². The molecule has 1 nitrogen and oxygen atoms in total. The molecule has 1 aliphatic rings. The van der Waals surface area contributed by atoms with Crippen molar-refractivity contribution in [2.75, 3.05) is 6.54 Å². The van der Waals surface area contributed by atoms with Gasteiger partial charge in [0.1, 0.15) is 0 Å². The molecule has 1 N–H and O–H groups in total. The van der Waals surface area contributed by atoms with Crippen LogP contribution in [0.4, 0.5) is 0 Å². The lowest BCUT2D eigenvalue weighted by Gasteiger charge is -2.26. The summed E-state index contributed by atoms with van der Waals surface area (Å²) < 4.78 is 0. The Kier molecular flexibility index (Phi) is 6.19. The lowest BCUT2D eigenvalue weighted by molar-refractivity contribution is 0.482. The van der Waals surface area contributed by atoms with Crippen LogP contribution in [0.3, 0.4) is 0 Å². The summed E-state index contributed by atoms with van der Waals surface area (Å²) in [6, 6.07) is 9.94. The second kappa shape index (κ2) is 7.69. The molecule has 0 radical (unpaired) electrons. The van der Waals surface area contributed by atoms with Gasteiger partial charge in [0.2, 0.25) is 0 Å². The summed E-state index contributed by atoms with van der Waals surface area (Å²) in [4.78, 5) is 1.43. The molecule has 2 unspecified atom stereocenters. The third-order valence-corrected chi connectivity index (χ3v) is 5.84. The predicted molar refractivity (Wildman–Crippen MR) is 95.3 cm³/mol. The Bertz CT molecular complexity index is 418. The molecule has 118 valence electrons. The molecule has 21 heavy (non-hydrogen) atoms. The fourth-order valence-corrected chi connectivity index (χ4v) is 4.44. The molecule has 0 amide bonds. The van der Waals surface area contributed by atoms with E-state index in [-0.39, 0.29) is 5.41 Å². The first-order valence-electron chi connectivity index (χ1n) is 8.51.